The molecule has 3 nitrogen and oxygen atoms in total. The van der Waals surface area contributed by atoms with E-state index >= 15 is 0 Å². The molecule has 2 rings (SSSR count). The van der Waals surface area contributed by atoms with Crippen LogP contribution in [0.25, 0.3) is 0 Å². The third-order valence-electron chi connectivity index (χ3n) is 2.43. The lowest BCUT2D eigenvalue weighted by Gasteiger charge is -2.20. The first kappa shape index (κ1) is 13.5. The summed E-state index contributed by atoms with van der Waals surface area (Å²) in [6.07, 6.45) is 3.49. The van der Waals surface area contributed by atoms with Crippen LogP contribution < -0.4 is 5.73 Å². The van der Waals surface area contributed by atoms with E-state index in [9.17, 15) is 0 Å². The van der Waals surface area contributed by atoms with Crippen molar-refractivity contribution in [2.75, 3.05) is 0 Å². The van der Waals surface area contributed by atoms with Gasteiger partial charge in [0.15, 0.2) is 5.16 Å². The van der Waals surface area contributed by atoms with Crippen LogP contribution in [-0.4, -0.2) is 16.0 Å². The highest BCUT2D eigenvalue weighted by atomic mass is 79.9. The largest absolute Gasteiger partial charge is 0.327 e. The Labute approximate surface area is 119 Å². The van der Waals surface area contributed by atoms with E-state index in [1.807, 2.05) is 25.1 Å². The number of thioether (sulfide) groups is 1. The van der Waals surface area contributed by atoms with E-state index in [4.69, 9.17) is 5.73 Å². The summed E-state index contributed by atoms with van der Waals surface area (Å²) in [6, 6.07) is 10.0. The number of benzene rings is 1. The average Bonchev–Trinajstić information content (AvgIpc) is 2.37. The van der Waals surface area contributed by atoms with Gasteiger partial charge in [0.2, 0.25) is 0 Å². The molecule has 0 saturated heterocycles. The number of rotatable bonds is 4. The number of nitrogens with two attached hydrogens (primary N) is 1. The van der Waals surface area contributed by atoms with Crippen LogP contribution in [0, 0.1) is 0 Å². The molecule has 0 aliphatic carbocycles. The number of halogens is 1. The second-order valence-corrected chi connectivity index (χ2v) is 6.01. The molecule has 18 heavy (non-hydrogen) atoms. The van der Waals surface area contributed by atoms with Crippen molar-refractivity contribution < 1.29 is 0 Å². The summed E-state index contributed by atoms with van der Waals surface area (Å²) in [6.45, 7) is 2.00. The van der Waals surface area contributed by atoms with Gasteiger partial charge < -0.3 is 5.73 Å². The minimum Gasteiger partial charge on any atom is -0.327 e. The van der Waals surface area contributed by atoms with Crippen molar-refractivity contribution in [1.82, 2.24) is 9.97 Å². The van der Waals surface area contributed by atoms with Gasteiger partial charge in [-0.2, -0.15) is 0 Å². The highest BCUT2D eigenvalue weighted by molar-refractivity contribution is 9.10. The van der Waals surface area contributed by atoms with Crippen LogP contribution in [-0.2, 0) is 0 Å². The van der Waals surface area contributed by atoms with Gasteiger partial charge in [0, 0.05) is 22.9 Å². The van der Waals surface area contributed by atoms with Crippen LogP contribution >= 0.6 is 27.7 Å². The van der Waals surface area contributed by atoms with Gasteiger partial charge >= 0.3 is 0 Å². The molecule has 1 aromatic carbocycles. The fourth-order valence-electron chi connectivity index (χ4n) is 1.62. The van der Waals surface area contributed by atoms with E-state index in [0.717, 1.165) is 9.63 Å². The van der Waals surface area contributed by atoms with Gasteiger partial charge in [0.1, 0.15) is 0 Å². The van der Waals surface area contributed by atoms with E-state index < -0.39 is 0 Å². The summed E-state index contributed by atoms with van der Waals surface area (Å²) in [5.41, 5.74) is 7.25. The number of hydrogen-bond donors (Lipinski definition) is 1. The smallest absolute Gasteiger partial charge is 0.188 e. The zero-order valence-corrected chi connectivity index (χ0v) is 12.4. The van der Waals surface area contributed by atoms with Gasteiger partial charge in [0.25, 0.3) is 0 Å². The van der Waals surface area contributed by atoms with Gasteiger partial charge in [0.05, 0.1) is 5.25 Å². The first-order valence-corrected chi connectivity index (χ1v) is 7.29. The molecule has 2 aromatic rings. The molecule has 2 atom stereocenters. The van der Waals surface area contributed by atoms with E-state index in [1.54, 1.807) is 24.2 Å². The third-order valence-corrected chi connectivity index (χ3v) is 4.30. The van der Waals surface area contributed by atoms with Crippen LogP contribution in [0.2, 0.25) is 0 Å². The molecule has 2 unspecified atom stereocenters. The predicted molar refractivity (Wildman–Crippen MR) is 78.4 cm³/mol. The molecule has 0 amide bonds. The summed E-state index contributed by atoms with van der Waals surface area (Å²) >= 11 is 5.07. The van der Waals surface area contributed by atoms with E-state index in [2.05, 4.69) is 38.0 Å². The van der Waals surface area contributed by atoms with Gasteiger partial charge in [-0.25, -0.2) is 9.97 Å². The molecule has 5 heteroatoms. The average molecular weight is 324 g/mol. The van der Waals surface area contributed by atoms with E-state index in [1.165, 1.54) is 5.56 Å². The number of aromatic nitrogens is 2. The molecule has 0 bridgehead atoms. The van der Waals surface area contributed by atoms with Gasteiger partial charge in [-0.15, -0.1) is 0 Å². The van der Waals surface area contributed by atoms with Gasteiger partial charge in [-0.05, 0) is 30.7 Å². The zero-order valence-electron chi connectivity index (χ0n) is 9.95. The fourth-order valence-corrected chi connectivity index (χ4v) is 3.01. The Morgan fingerprint density at radius 3 is 2.56 bits per heavy atom. The Hall–Kier alpha value is -0.910. The zero-order chi connectivity index (χ0) is 13.0. The van der Waals surface area contributed by atoms with Crippen molar-refractivity contribution in [3.05, 3.63) is 52.8 Å². The molecular formula is C13H14BrN3S. The maximum atomic E-state index is 6.07. The molecule has 0 fully saturated rings. The Morgan fingerprint density at radius 1 is 1.22 bits per heavy atom. The Bertz CT molecular complexity index is 505. The fraction of sp³-hybridized carbons (Fsp3) is 0.231. The van der Waals surface area contributed by atoms with Crippen molar-refractivity contribution in [2.24, 2.45) is 5.73 Å². The van der Waals surface area contributed by atoms with Crippen molar-refractivity contribution in [2.45, 2.75) is 23.4 Å². The topological polar surface area (TPSA) is 51.8 Å². The molecule has 0 aliphatic heterocycles. The quantitative estimate of drug-likeness (QED) is 0.692. The molecule has 0 spiro atoms. The van der Waals surface area contributed by atoms with Crippen molar-refractivity contribution in [3.63, 3.8) is 0 Å². The highest BCUT2D eigenvalue weighted by Gasteiger charge is 2.19. The molecule has 0 aliphatic rings. The molecule has 0 radical (unpaired) electrons. The Morgan fingerprint density at radius 2 is 1.94 bits per heavy atom. The van der Waals surface area contributed by atoms with E-state index in [-0.39, 0.29) is 11.3 Å². The summed E-state index contributed by atoms with van der Waals surface area (Å²) < 4.78 is 1.06. The molecule has 1 aromatic heterocycles. The summed E-state index contributed by atoms with van der Waals surface area (Å²) in [4.78, 5) is 8.47. The van der Waals surface area contributed by atoms with Crippen molar-refractivity contribution >= 4 is 27.7 Å². The lowest BCUT2D eigenvalue weighted by atomic mass is 10.1. The van der Waals surface area contributed by atoms with E-state index in [0.29, 0.717) is 0 Å². The van der Waals surface area contributed by atoms with Crippen molar-refractivity contribution in [1.29, 1.82) is 0 Å². The predicted octanol–water partition coefficient (Wildman–Crippen LogP) is 3.42. The maximum Gasteiger partial charge on any atom is 0.188 e. The standard InChI is InChI=1S/C13H14BrN3S/c1-9(15)12(10-4-2-5-11(14)8-10)18-13-16-6-3-7-17-13/h2-9,12H,15H2,1H3. The lowest BCUT2D eigenvalue weighted by Crippen LogP contribution is -2.22. The molecule has 2 N–H and O–H groups in total. The molecule has 0 saturated carbocycles. The Balaban J connectivity index is 2.24. The van der Waals surface area contributed by atoms with Crippen LogP contribution in [0.1, 0.15) is 17.7 Å². The first-order chi connectivity index (χ1) is 8.66. The molecular weight excluding hydrogens is 310 g/mol. The summed E-state index contributed by atoms with van der Waals surface area (Å²) in [5, 5.41) is 0.893. The normalized spacial score (nSPS) is 14.2. The highest BCUT2D eigenvalue weighted by Crippen LogP contribution is 2.35. The second-order valence-electron chi connectivity index (χ2n) is 3.98. The maximum absolute atomic E-state index is 6.07. The lowest BCUT2D eigenvalue weighted by molar-refractivity contribution is 0.717. The minimum atomic E-state index is 0.0214. The van der Waals surface area contributed by atoms with Gasteiger partial charge in [-0.3, -0.25) is 0 Å². The van der Waals surface area contributed by atoms with Gasteiger partial charge in [-0.1, -0.05) is 39.8 Å². The minimum absolute atomic E-state index is 0.0214. The van der Waals surface area contributed by atoms with Crippen LogP contribution in [0.5, 0.6) is 0 Å². The number of nitrogens with zero attached hydrogens (tertiary/aromatic N) is 2. The van der Waals surface area contributed by atoms with Crippen LogP contribution in [0.4, 0.5) is 0 Å². The third kappa shape index (κ3) is 3.54. The first-order valence-electron chi connectivity index (χ1n) is 5.61. The van der Waals surface area contributed by atoms with Crippen LogP contribution in [0.15, 0.2) is 52.4 Å². The SMILES string of the molecule is CC(N)C(Sc1ncccn1)c1cccc(Br)c1. The Kier molecular flexibility index (Phi) is 4.74. The molecule has 1 heterocycles. The monoisotopic (exact) mass is 323 g/mol. The summed E-state index contributed by atoms with van der Waals surface area (Å²) in [5.74, 6) is 0. The van der Waals surface area contributed by atoms with Crippen LogP contribution in [0.3, 0.4) is 0 Å². The molecule has 94 valence electrons. The second kappa shape index (κ2) is 6.31. The summed E-state index contributed by atoms with van der Waals surface area (Å²) in [7, 11) is 0. The number of hydrogen-bond acceptors (Lipinski definition) is 4. The van der Waals surface area contributed by atoms with Crippen molar-refractivity contribution in [3.8, 4) is 0 Å².